The van der Waals surface area contributed by atoms with Crippen molar-refractivity contribution in [3.63, 3.8) is 0 Å². The minimum Gasteiger partial charge on any atom is -0.497 e. The third kappa shape index (κ3) is 2.51. The van der Waals surface area contributed by atoms with Crippen LogP contribution in [-0.2, 0) is 6.42 Å². The van der Waals surface area contributed by atoms with Crippen molar-refractivity contribution < 1.29 is 4.74 Å². The lowest BCUT2D eigenvalue weighted by molar-refractivity contribution is 0.415. The molecule has 0 unspecified atom stereocenters. The quantitative estimate of drug-likeness (QED) is 0.787. The summed E-state index contributed by atoms with van der Waals surface area (Å²) in [6.07, 6.45) is 0.767. The summed E-state index contributed by atoms with van der Waals surface area (Å²) in [5.41, 5.74) is 1.03. The monoisotopic (exact) mass is 254 g/mol. The van der Waals surface area contributed by atoms with Gasteiger partial charge in [0.25, 0.3) is 0 Å². The van der Waals surface area contributed by atoms with Gasteiger partial charge in [0, 0.05) is 17.9 Å². The van der Waals surface area contributed by atoms with Crippen molar-refractivity contribution >= 4 is 22.9 Å². The lowest BCUT2D eigenvalue weighted by Gasteiger charge is -2.00. The molecule has 1 aromatic carbocycles. The van der Waals surface area contributed by atoms with E-state index >= 15 is 0 Å². The molecule has 0 aliphatic carbocycles. The van der Waals surface area contributed by atoms with Crippen LogP contribution < -0.4 is 4.74 Å². The molecule has 3 nitrogen and oxygen atoms in total. The third-order valence-corrected chi connectivity index (χ3v) is 3.31. The number of rotatable bonds is 4. The van der Waals surface area contributed by atoms with Gasteiger partial charge in [0.2, 0.25) is 0 Å². The number of nitrogens with zero attached hydrogens (tertiary/aromatic N) is 2. The van der Waals surface area contributed by atoms with Gasteiger partial charge in [-0.3, -0.25) is 0 Å². The van der Waals surface area contributed by atoms with Crippen molar-refractivity contribution in [3.05, 3.63) is 29.3 Å². The Balaban J connectivity index is 2.27. The Morgan fingerprint density at radius 1 is 1.38 bits per heavy atom. The average Bonchev–Trinajstić information content (AvgIpc) is 2.78. The van der Waals surface area contributed by atoms with Gasteiger partial charge in [0.1, 0.15) is 15.8 Å². The van der Waals surface area contributed by atoms with E-state index < -0.39 is 0 Å². The second-order valence-corrected chi connectivity index (χ2v) is 4.61. The number of methoxy groups -OCH3 is 1. The summed E-state index contributed by atoms with van der Waals surface area (Å²) >= 11 is 7.23. The van der Waals surface area contributed by atoms with E-state index in [0.717, 1.165) is 27.7 Å². The highest BCUT2D eigenvalue weighted by Crippen LogP contribution is 2.26. The summed E-state index contributed by atoms with van der Waals surface area (Å²) < 4.78 is 5.17. The van der Waals surface area contributed by atoms with Crippen molar-refractivity contribution in [2.24, 2.45) is 0 Å². The first-order valence-corrected chi connectivity index (χ1v) is 6.21. The van der Waals surface area contributed by atoms with Crippen LogP contribution in [0.1, 0.15) is 5.01 Å². The van der Waals surface area contributed by atoms with Crippen LogP contribution in [-0.4, -0.2) is 23.2 Å². The number of aryl methyl sites for hydroxylation is 1. The first kappa shape index (κ1) is 11.4. The van der Waals surface area contributed by atoms with Crippen LogP contribution >= 0.6 is 22.9 Å². The summed E-state index contributed by atoms with van der Waals surface area (Å²) in [7, 11) is 1.65. The molecular weight excluding hydrogens is 244 g/mol. The smallest absolute Gasteiger partial charge is 0.147 e. The van der Waals surface area contributed by atoms with Crippen molar-refractivity contribution in [2.75, 3.05) is 13.0 Å². The van der Waals surface area contributed by atoms with Gasteiger partial charge < -0.3 is 4.74 Å². The zero-order chi connectivity index (χ0) is 11.4. The van der Waals surface area contributed by atoms with Crippen molar-refractivity contribution in [2.45, 2.75) is 6.42 Å². The lowest BCUT2D eigenvalue weighted by Crippen LogP contribution is -1.83. The molecule has 0 atom stereocenters. The number of alkyl halides is 1. The van der Waals surface area contributed by atoms with Crippen LogP contribution in [0.15, 0.2) is 24.3 Å². The molecule has 0 N–H and O–H groups in total. The summed E-state index contributed by atoms with van der Waals surface area (Å²) in [5, 5.41) is 10.1. The van der Waals surface area contributed by atoms with Gasteiger partial charge in [-0.05, 0) is 12.1 Å². The van der Waals surface area contributed by atoms with Crippen molar-refractivity contribution in [3.8, 4) is 16.3 Å². The molecule has 2 aromatic rings. The first-order chi connectivity index (χ1) is 7.83. The fourth-order valence-corrected chi connectivity index (χ4v) is 2.43. The first-order valence-electron chi connectivity index (χ1n) is 4.86. The van der Waals surface area contributed by atoms with E-state index in [1.807, 2.05) is 24.3 Å². The topological polar surface area (TPSA) is 35.0 Å². The SMILES string of the molecule is COc1cccc(-c2nnc(CCCl)s2)c1. The molecule has 5 heteroatoms. The number of halogens is 1. The van der Waals surface area contributed by atoms with Crippen molar-refractivity contribution in [1.82, 2.24) is 10.2 Å². The Labute approximate surface area is 103 Å². The number of ether oxygens (including phenoxy) is 1. The number of hydrogen-bond donors (Lipinski definition) is 0. The molecule has 0 amide bonds. The maximum absolute atomic E-state index is 5.66. The minimum absolute atomic E-state index is 0.576. The van der Waals surface area contributed by atoms with E-state index in [1.165, 1.54) is 0 Å². The number of aromatic nitrogens is 2. The van der Waals surface area contributed by atoms with E-state index in [4.69, 9.17) is 16.3 Å². The van der Waals surface area contributed by atoms with Crippen LogP contribution in [0.4, 0.5) is 0 Å². The molecule has 0 radical (unpaired) electrons. The van der Waals surface area contributed by atoms with Gasteiger partial charge in [0.05, 0.1) is 7.11 Å². The van der Waals surface area contributed by atoms with Gasteiger partial charge in [-0.15, -0.1) is 21.8 Å². The highest BCUT2D eigenvalue weighted by atomic mass is 35.5. The molecule has 2 rings (SSSR count). The van der Waals surface area contributed by atoms with Crippen LogP contribution in [0.5, 0.6) is 5.75 Å². The third-order valence-electron chi connectivity index (χ3n) is 2.09. The van der Waals surface area contributed by atoms with E-state index in [9.17, 15) is 0 Å². The van der Waals surface area contributed by atoms with Gasteiger partial charge in [-0.25, -0.2) is 0 Å². The molecule has 0 saturated carbocycles. The molecule has 0 spiro atoms. The van der Waals surface area contributed by atoms with E-state index in [0.29, 0.717) is 5.88 Å². The zero-order valence-electron chi connectivity index (χ0n) is 8.81. The Hall–Kier alpha value is -1.13. The van der Waals surface area contributed by atoms with Crippen LogP contribution in [0.2, 0.25) is 0 Å². The molecule has 16 heavy (non-hydrogen) atoms. The summed E-state index contributed by atoms with van der Waals surface area (Å²) in [4.78, 5) is 0. The standard InChI is InChI=1S/C11H11ClN2OS/c1-15-9-4-2-3-8(7-9)11-14-13-10(16-11)5-6-12/h2-4,7H,5-6H2,1H3. The molecular formula is C11H11ClN2OS. The van der Waals surface area contributed by atoms with Crippen LogP contribution in [0.25, 0.3) is 10.6 Å². The number of hydrogen-bond acceptors (Lipinski definition) is 4. The number of benzene rings is 1. The fourth-order valence-electron chi connectivity index (χ4n) is 1.31. The Bertz CT molecular complexity index is 473. The maximum atomic E-state index is 5.66. The molecule has 0 fully saturated rings. The molecule has 0 saturated heterocycles. The van der Waals surface area contributed by atoms with Gasteiger partial charge >= 0.3 is 0 Å². The zero-order valence-corrected chi connectivity index (χ0v) is 10.4. The molecule has 1 heterocycles. The normalized spacial score (nSPS) is 10.4. The van der Waals surface area contributed by atoms with Crippen molar-refractivity contribution in [1.29, 1.82) is 0 Å². The average molecular weight is 255 g/mol. The summed E-state index contributed by atoms with van der Waals surface area (Å²) in [6, 6.07) is 7.79. The van der Waals surface area contributed by atoms with E-state index in [-0.39, 0.29) is 0 Å². The van der Waals surface area contributed by atoms with Crippen LogP contribution in [0, 0.1) is 0 Å². The fraction of sp³-hybridized carbons (Fsp3) is 0.273. The minimum atomic E-state index is 0.576. The van der Waals surface area contributed by atoms with Gasteiger partial charge in [0.15, 0.2) is 0 Å². The molecule has 0 bridgehead atoms. The van der Waals surface area contributed by atoms with E-state index in [2.05, 4.69) is 10.2 Å². The summed E-state index contributed by atoms with van der Waals surface area (Å²) in [6.45, 7) is 0. The molecule has 0 aliphatic rings. The van der Waals surface area contributed by atoms with Gasteiger partial charge in [-0.2, -0.15) is 0 Å². The molecule has 0 aliphatic heterocycles. The lowest BCUT2D eigenvalue weighted by atomic mass is 10.2. The Morgan fingerprint density at radius 3 is 3.00 bits per heavy atom. The molecule has 84 valence electrons. The second-order valence-electron chi connectivity index (χ2n) is 3.17. The second kappa shape index (κ2) is 5.27. The van der Waals surface area contributed by atoms with Gasteiger partial charge in [-0.1, -0.05) is 23.5 Å². The highest BCUT2D eigenvalue weighted by molar-refractivity contribution is 7.14. The Morgan fingerprint density at radius 2 is 2.25 bits per heavy atom. The maximum Gasteiger partial charge on any atom is 0.147 e. The predicted octanol–water partition coefficient (Wildman–Crippen LogP) is 3.00. The highest BCUT2D eigenvalue weighted by Gasteiger charge is 2.06. The largest absolute Gasteiger partial charge is 0.497 e. The predicted molar refractivity (Wildman–Crippen MR) is 66.3 cm³/mol. The Kier molecular flexibility index (Phi) is 3.74. The summed E-state index contributed by atoms with van der Waals surface area (Å²) in [5.74, 6) is 1.40. The molecule has 1 aromatic heterocycles. The van der Waals surface area contributed by atoms with E-state index in [1.54, 1.807) is 18.4 Å². The van der Waals surface area contributed by atoms with Crippen LogP contribution in [0.3, 0.4) is 0 Å².